The molecule has 0 spiro atoms. The van der Waals surface area contributed by atoms with E-state index in [9.17, 15) is 0 Å². The number of ether oxygens (including phenoxy) is 1. The Morgan fingerprint density at radius 2 is 2.00 bits per heavy atom. The van der Waals surface area contributed by atoms with Gasteiger partial charge in [0.05, 0.1) is 19.0 Å². The summed E-state index contributed by atoms with van der Waals surface area (Å²) in [5.74, 6) is 2.50. The molecule has 0 bridgehead atoms. The number of H-pyrrole nitrogens is 1. The van der Waals surface area contributed by atoms with Gasteiger partial charge in [-0.3, -0.25) is 5.10 Å². The van der Waals surface area contributed by atoms with Gasteiger partial charge in [0.1, 0.15) is 5.75 Å². The fourth-order valence-electron chi connectivity index (χ4n) is 3.49. The molecular weight excluding hydrogens is 390 g/mol. The van der Waals surface area contributed by atoms with Crippen molar-refractivity contribution in [2.24, 2.45) is 0 Å². The fourth-order valence-corrected chi connectivity index (χ4v) is 3.81. The monoisotopic (exact) mass is 409 g/mol. The molecule has 0 saturated carbocycles. The lowest BCUT2D eigenvalue weighted by Gasteiger charge is -2.24. The Kier molecular flexibility index (Phi) is 5.60. The maximum atomic E-state index is 6.93. The number of hydrogen-bond donors (Lipinski definition) is 3. The number of nitrogens with one attached hydrogen (secondary N) is 3. The van der Waals surface area contributed by atoms with E-state index in [0.717, 1.165) is 53.5 Å². The van der Waals surface area contributed by atoms with E-state index in [2.05, 4.69) is 35.6 Å². The standard InChI is InChI=1S/C20H20ClN7O/c1-22-19-10-25-20(11-24-19)26-18-9-16(27-28-18)14-7-15(21)13(8-17(14)29-2)12-3-5-23-6-4-12/h7-12,23H,3-6H2,2H3,(H2,25,26,27,28). The van der Waals surface area contributed by atoms with Crippen molar-refractivity contribution in [2.45, 2.75) is 18.8 Å². The summed E-state index contributed by atoms with van der Waals surface area (Å²) >= 11 is 6.64. The maximum Gasteiger partial charge on any atom is 0.288 e. The third kappa shape index (κ3) is 4.16. The molecule has 2 aromatic heterocycles. The summed E-state index contributed by atoms with van der Waals surface area (Å²) in [4.78, 5) is 11.4. The predicted octanol–water partition coefficient (Wildman–Crippen LogP) is 4.29. The number of methoxy groups -OCH3 is 1. The largest absolute Gasteiger partial charge is 0.496 e. The summed E-state index contributed by atoms with van der Waals surface area (Å²) < 4.78 is 5.65. The van der Waals surface area contributed by atoms with Crippen LogP contribution in [0.15, 0.2) is 30.6 Å². The summed E-state index contributed by atoms with van der Waals surface area (Å²) in [5.41, 5.74) is 2.74. The quantitative estimate of drug-likeness (QED) is 0.544. The second-order valence-corrected chi connectivity index (χ2v) is 7.17. The minimum absolute atomic E-state index is 0.242. The zero-order valence-corrected chi connectivity index (χ0v) is 16.6. The van der Waals surface area contributed by atoms with Crippen LogP contribution in [-0.2, 0) is 0 Å². The van der Waals surface area contributed by atoms with Gasteiger partial charge in [-0.15, -0.1) is 4.98 Å². The Morgan fingerprint density at radius 3 is 2.69 bits per heavy atom. The van der Waals surface area contributed by atoms with E-state index < -0.39 is 0 Å². The second-order valence-electron chi connectivity index (χ2n) is 6.76. The van der Waals surface area contributed by atoms with Crippen molar-refractivity contribution in [3.63, 3.8) is 0 Å². The van der Waals surface area contributed by atoms with E-state index in [1.54, 1.807) is 7.11 Å². The van der Waals surface area contributed by atoms with Gasteiger partial charge in [-0.25, -0.2) is 4.98 Å². The molecule has 3 aromatic rings. The molecule has 0 radical (unpaired) electrons. The molecule has 3 heterocycles. The third-order valence-electron chi connectivity index (χ3n) is 4.97. The number of aromatic amines is 1. The molecular formula is C20H20ClN7O. The Morgan fingerprint density at radius 1 is 1.17 bits per heavy atom. The van der Waals surface area contributed by atoms with Crippen LogP contribution < -0.4 is 15.4 Å². The average molecular weight is 410 g/mol. The molecule has 0 atom stereocenters. The number of piperidine rings is 1. The van der Waals surface area contributed by atoms with E-state index in [-0.39, 0.29) is 5.82 Å². The lowest BCUT2D eigenvalue weighted by molar-refractivity contribution is 0.412. The van der Waals surface area contributed by atoms with Gasteiger partial charge < -0.3 is 20.2 Å². The summed E-state index contributed by atoms with van der Waals surface area (Å²) in [5, 5.41) is 14.5. The molecule has 1 saturated heterocycles. The normalized spacial score (nSPS) is 14.4. The first-order valence-electron chi connectivity index (χ1n) is 9.28. The molecule has 0 unspecified atom stereocenters. The van der Waals surface area contributed by atoms with Crippen molar-refractivity contribution in [1.29, 1.82) is 0 Å². The highest BCUT2D eigenvalue weighted by Crippen LogP contribution is 2.39. The molecule has 4 rings (SSSR count). The Hall–Kier alpha value is -3.15. The molecule has 1 aromatic carbocycles. The molecule has 148 valence electrons. The highest BCUT2D eigenvalue weighted by Gasteiger charge is 2.21. The molecule has 3 N–H and O–H groups in total. The number of aromatic nitrogens is 4. The van der Waals surface area contributed by atoms with Crippen molar-refractivity contribution >= 4 is 29.1 Å². The number of rotatable bonds is 5. The highest BCUT2D eigenvalue weighted by molar-refractivity contribution is 6.31. The van der Waals surface area contributed by atoms with E-state index in [1.807, 2.05) is 18.2 Å². The molecule has 1 aliphatic heterocycles. The summed E-state index contributed by atoms with van der Waals surface area (Å²) in [6, 6.07) is 5.82. The summed E-state index contributed by atoms with van der Waals surface area (Å²) in [7, 11) is 1.66. The number of hydrogen-bond acceptors (Lipinski definition) is 6. The number of halogens is 1. The van der Waals surface area contributed by atoms with Crippen LogP contribution >= 0.6 is 11.6 Å². The molecule has 0 aliphatic carbocycles. The van der Waals surface area contributed by atoms with Crippen LogP contribution in [0.3, 0.4) is 0 Å². The summed E-state index contributed by atoms with van der Waals surface area (Å²) in [6.07, 6.45) is 5.03. The van der Waals surface area contributed by atoms with Gasteiger partial charge in [-0.1, -0.05) is 18.2 Å². The number of benzene rings is 1. The van der Waals surface area contributed by atoms with Crippen LogP contribution in [0.5, 0.6) is 5.75 Å². The molecule has 1 aliphatic rings. The minimum atomic E-state index is 0.242. The van der Waals surface area contributed by atoms with Crippen LogP contribution in [0, 0.1) is 6.57 Å². The van der Waals surface area contributed by atoms with Gasteiger partial charge in [0.25, 0.3) is 5.82 Å². The van der Waals surface area contributed by atoms with Gasteiger partial charge in [0, 0.05) is 16.7 Å². The lowest BCUT2D eigenvalue weighted by Crippen LogP contribution is -2.26. The number of anilines is 2. The number of nitrogens with zero attached hydrogens (tertiary/aromatic N) is 4. The molecule has 0 amide bonds. The van der Waals surface area contributed by atoms with Gasteiger partial charge in [0.15, 0.2) is 17.8 Å². The second kappa shape index (κ2) is 8.47. The van der Waals surface area contributed by atoms with Gasteiger partial charge in [0.2, 0.25) is 0 Å². The zero-order chi connectivity index (χ0) is 20.2. The molecule has 1 fully saturated rings. The van der Waals surface area contributed by atoms with E-state index in [1.165, 1.54) is 12.4 Å². The van der Waals surface area contributed by atoms with Gasteiger partial charge in [-0.2, -0.15) is 5.10 Å². The fraction of sp³-hybridized carbons (Fsp3) is 0.300. The van der Waals surface area contributed by atoms with E-state index >= 15 is 0 Å². The zero-order valence-electron chi connectivity index (χ0n) is 15.9. The third-order valence-corrected chi connectivity index (χ3v) is 5.30. The average Bonchev–Trinajstić information content (AvgIpc) is 3.23. The van der Waals surface area contributed by atoms with Crippen LogP contribution in [0.4, 0.5) is 17.5 Å². The Balaban J connectivity index is 1.59. The molecule has 29 heavy (non-hydrogen) atoms. The van der Waals surface area contributed by atoms with Crippen LogP contribution in [-0.4, -0.2) is 40.4 Å². The predicted molar refractivity (Wildman–Crippen MR) is 112 cm³/mol. The molecule has 8 nitrogen and oxygen atoms in total. The first-order chi connectivity index (χ1) is 14.2. The van der Waals surface area contributed by atoms with Gasteiger partial charge in [-0.05, 0) is 49.5 Å². The van der Waals surface area contributed by atoms with Crippen LogP contribution in [0.1, 0.15) is 24.3 Å². The maximum absolute atomic E-state index is 6.93. The first kappa shape index (κ1) is 19.2. The Labute approximate surface area is 173 Å². The van der Waals surface area contributed by atoms with E-state index in [0.29, 0.717) is 17.6 Å². The van der Waals surface area contributed by atoms with E-state index in [4.69, 9.17) is 22.9 Å². The smallest absolute Gasteiger partial charge is 0.288 e. The van der Waals surface area contributed by atoms with Crippen molar-refractivity contribution < 1.29 is 4.74 Å². The topological polar surface area (TPSA) is 92.1 Å². The summed E-state index contributed by atoms with van der Waals surface area (Å²) in [6.45, 7) is 8.93. The van der Waals surface area contributed by atoms with Crippen LogP contribution in [0.2, 0.25) is 5.02 Å². The van der Waals surface area contributed by atoms with Crippen molar-refractivity contribution in [1.82, 2.24) is 25.5 Å². The lowest BCUT2D eigenvalue weighted by atomic mass is 9.89. The first-order valence-corrected chi connectivity index (χ1v) is 9.66. The SMILES string of the molecule is [C-]#[N+]c1cnc(Nc2cc(-c3cc(Cl)c(C4CCNCC4)cc3OC)[nH]n2)cn1. The minimum Gasteiger partial charge on any atom is -0.496 e. The van der Waals surface area contributed by atoms with Crippen LogP contribution in [0.25, 0.3) is 16.1 Å². The van der Waals surface area contributed by atoms with Crippen molar-refractivity contribution in [3.05, 3.63) is 52.6 Å². The van der Waals surface area contributed by atoms with Crippen molar-refractivity contribution in [3.8, 4) is 17.0 Å². The van der Waals surface area contributed by atoms with Crippen molar-refractivity contribution in [2.75, 3.05) is 25.5 Å². The molecule has 9 heteroatoms. The highest BCUT2D eigenvalue weighted by atomic mass is 35.5. The Bertz CT molecular complexity index is 1040. The van der Waals surface area contributed by atoms with Gasteiger partial charge >= 0.3 is 0 Å².